The zero-order valence-electron chi connectivity index (χ0n) is 13.6. The highest BCUT2D eigenvalue weighted by molar-refractivity contribution is 5.75. The van der Waals surface area contributed by atoms with Gasteiger partial charge in [-0.15, -0.1) is 0 Å². The first-order chi connectivity index (χ1) is 11.4. The van der Waals surface area contributed by atoms with E-state index in [2.05, 4.69) is 94.3 Å². The predicted molar refractivity (Wildman–Crippen MR) is 89.4 cm³/mol. The van der Waals surface area contributed by atoms with Crippen molar-refractivity contribution in [2.75, 3.05) is 0 Å². The van der Waals surface area contributed by atoms with Gasteiger partial charge >= 0.3 is 0 Å². The van der Waals surface area contributed by atoms with E-state index in [1.165, 1.54) is 21.8 Å². The Morgan fingerprint density at radius 1 is 0.560 bits per heavy atom. The van der Waals surface area contributed by atoms with Crippen LogP contribution in [-0.2, 0) is 18.2 Å². The quantitative estimate of drug-likeness (QED) is 0.354. The van der Waals surface area contributed by atoms with E-state index in [4.69, 9.17) is 4.74 Å². The Balaban J connectivity index is 0.00000113. The number of para-hydroxylation sites is 2. The topological polar surface area (TPSA) is 17.0 Å². The van der Waals surface area contributed by atoms with Crippen LogP contribution in [0.15, 0.2) is 85.2 Å². The fraction of sp³-hybridized carbons (Fsp3) is 0.100. The molecule has 3 nitrogen and oxygen atoms in total. The molecule has 2 aromatic heterocycles. The molecule has 0 saturated carbocycles. The molecular weight excluding hydrogens is 355 g/mol. The molecule has 0 N–H and O–H groups in total. The average molecular weight is 373 g/mol. The van der Waals surface area contributed by atoms with Gasteiger partial charge in [0.05, 0.1) is 0 Å². The predicted octanol–water partition coefficient (Wildman–Crippen LogP) is -2.79. The summed E-state index contributed by atoms with van der Waals surface area (Å²) >= 11 is 0. The molecule has 0 aliphatic carbocycles. The second-order valence-electron chi connectivity index (χ2n) is 5.54. The Morgan fingerprint density at radius 3 is 1.44 bits per heavy atom. The molecule has 2 heterocycles. The molecule has 4 aromatic rings. The molecule has 4 rings (SSSR count). The summed E-state index contributed by atoms with van der Waals surface area (Å²) in [4.78, 5) is 0. The molecule has 0 saturated heterocycles. The number of benzene rings is 2. The average Bonchev–Trinajstić information content (AvgIpc) is 2.62. The summed E-state index contributed by atoms with van der Waals surface area (Å²) in [5.41, 5.74) is 2.36. The Labute approximate surface area is 159 Å². The Bertz CT molecular complexity index is 886. The van der Waals surface area contributed by atoms with Gasteiger partial charge in [0.1, 0.15) is 0 Å². The maximum Gasteiger partial charge on any atom is 0.258 e. The van der Waals surface area contributed by atoms with Crippen LogP contribution in [0.4, 0.5) is 0 Å². The van der Waals surface area contributed by atoms with Gasteiger partial charge in [-0.3, -0.25) is 4.74 Å². The zero-order chi connectivity index (χ0) is 15.5. The molecular formula is C20H18Cl2N2O. The van der Waals surface area contributed by atoms with Gasteiger partial charge in [0.25, 0.3) is 13.5 Å². The van der Waals surface area contributed by atoms with E-state index in [1.54, 1.807) is 0 Å². The number of nitrogens with zero attached hydrogens (tertiary/aromatic N) is 2. The van der Waals surface area contributed by atoms with E-state index in [1.807, 2.05) is 0 Å². The van der Waals surface area contributed by atoms with Gasteiger partial charge in [-0.1, -0.05) is 24.3 Å². The van der Waals surface area contributed by atoms with Crippen molar-refractivity contribution in [2.24, 2.45) is 0 Å². The van der Waals surface area contributed by atoms with E-state index in [9.17, 15) is 0 Å². The molecule has 0 bridgehead atoms. The van der Waals surface area contributed by atoms with Crippen molar-refractivity contribution >= 4 is 21.8 Å². The number of hydrogen-bond donors (Lipinski definition) is 0. The van der Waals surface area contributed by atoms with E-state index in [0.29, 0.717) is 13.5 Å². The standard InChI is InChI=1S/C20H18N2O.2ClH/c1-3-11-19-17(7-1)9-5-13-21(19)15-23-16-22-14-6-10-18-8-2-4-12-20(18)22;;/h1-14H,15-16H2;2*1H/q+2;;/p-2. The van der Waals surface area contributed by atoms with Crippen LogP contribution in [0, 0.1) is 0 Å². The molecule has 0 radical (unpaired) electrons. The number of halogens is 2. The maximum absolute atomic E-state index is 5.95. The third-order valence-corrected chi connectivity index (χ3v) is 4.04. The molecule has 0 spiro atoms. The fourth-order valence-corrected chi connectivity index (χ4v) is 2.90. The van der Waals surface area contributed by atoms with E-state index in [0.717, 1.165) is 0 Å². The first-order valence-electron chi connectivity index (χ1n) is 7.74. The molecule has 0 aliphatic rings. The van der Waals surface area contributed by atoms with Crippen molar-refractivity contribution in [1.29, 1.82) is 0 Å². The number of aromatic nitrogens is 2. The lowest BCUT2D eigenvalue weighted by atomic mass is 10.2. The SMILES string of the molecule is [Cl-].[Cl-].c1ccc2c(c1)ccc[n+]2COC[n+]1cccc2ccccc21. The largest absolute Gasteiger partial charge is 1.00 e. The smallest absolute Gasteiger partial charge is 0.258 e. The summed E-state index contributed by atoms with van der Waals surface area (Å²) in [5, 5.41) is 2.44. The first kappa shape index (κ1) is 19.1. The summed E-state index contributed by atoms with van der Waals surface area (Å²) in [7, 11) is 0. The van der Waals surface area contributed by atoms with Gasteiger partial charge in [0.2, 0.25) is 11.0 Å². The lowest BCUT2D eigenvalue weighted by molar-refractivity contribution is -0.767. The summed E-state index contributed by atoms with van der Waals surface area (Å²) in [5.74, 6) is 0. The third kappa shape index (κ3) is 4.07. The Hall–Kier alpha value is -2.20. The van der Waals surface area contributed by atoms with Crippen molar-refractivity contribution in [3.05, 3.63) is 85.2 Å². The number of fused-ring (bicyclic) bond motifs is 2. The highest BCUT2D eigenvalue weighted by Gasteiger charge is 2.11. The fourth-order valence-electron chi connectivity index (χ4n) is 2.90. The highest BCUT2D eigenvalue weighted by Crippen LogP contribution is 2.09. The molecule has 5 heteroatoms. The first-order valence-corrected chi connectivity index (χ1v) is 7.74. The van der Waals surface area contributed by atoms with E-state index >= 15 is 0 Å². The van der Waals surface area contributed by atoms with Crippen molar-refractivity contribution in [2.45, 2.75) is 13.5 Å². The maximum atomic E-state index is 5.95. The summed E-state index contributed by atoms with van der Waals surface area (Å²) in [6, 6.07) is 25.0. The second kappa shape index (κ2) is 8.77. The second-order valence-corrected chi connectivity index (χ2v) is 5.54. The Kier molecular flexibility index (Phi) is 6.71. The number of ether oxygens (including phenoxy) is 1. The number of pyridine rings is 2. The van der Waals surface area contributed by atoms with Crippen molar-refractivity contribution in [3.63, 3.8) is 0 Å². The van der Waals surface area contributed by atoms with Gasteiger partial charge in [0, 0.05) is 35.0 Å². The van der Waals surface area contributed by atoms with Crippen molar-refractivity contribution < 1.29 is 38.7 Å². The summed E-state index contributed by atoms with van der Waals surface area (Å²) in [6.45, 7) is 1.05. The molecule has 2 aromatic carbocycles. The van der Waals surface area contributed by atoms with Crippen LogP contribution in [0.5, 0.6) is 0 Å². The minimum Gasteiger partial charge on any atom is -1.00 e. The van der Waals surface area contributed by atoms with E-state index in [-0.39, 0.29) is 24.8 Å². The molecule has 25 heavy (non-hydrogen) atoms. The molecule has 0 atom stereocenters. The van der Waals surface area contributed by atoms with Crippen molar-refractivity contribution in [3.8, 4) is 0 Å². The van der Waals surface area contributed by atoms with E-state index < -0.39 is 0 Å². The number of hydrogen-bond acceptors (Lipinski definition) is 1. The monoisotopic (exact) mass is 372 g/mol. The zero-order valence-corrected chi connectivity index (χ0v) is 15.1. The van der Waals surface area contributed by atoms with Crippen LogP contribution in [0.25, 0.3) is 21.8 Å². The molecule has 0 aliphatic heterocycles. The van der Waals surface area contributed by atoms with Gasteiger partial charge in [-0.05, 0) is 24.3 Å². The molecule has 128 valence electrons. The van der Waals surface area contributed by atoms with Crippen LogP contribution < -0.4 is 33.9 Å². The van der Waals surface area contributed by atoms with Crippen LogP contribution in [0.1, 0.15) is 0 Å². The highest BCUT2D eigenvalue weighted by atomic mass is 35.5. The van der Waals surface area contributed by atoms with Gasteiger partial charge < -0.3 is 24.8 Å². The van der Waals surface area contributed by atoms with Crippen LogP contribution >= 0.6 is 0 Å². The number of rotatable bonds is 4. The summed E-state index contributed by atoms with van der Waals surface area (Å²) in [6.07, 6.45) is 4.10. The molecule has 0 amide bonds. The minimum atomic E-state index is 0. The van der Waals surface area contributed by atoms with Gasteiger partial charge in [-0.25, -0.2) is 0 Å². The third-order valence-electron chi connectivity index (χ3n) is 4.04. The molecule has 0 fully saturated rings. The lowest BCUT2D eigenvalue weighted by Crippen LogP contribution is -3.00. The van der Waals surface area contributed by atoms with Crippen LogP contribution in [-0.4, -0.2) is 0 Å². The van der Waals surface area contributed by atoms with Gasteiger partial charge in [0.15, 0.2) is 12.4 Å². The molecule has 0 unspecified atom stereocenters. The van der Waals surface area contributed by atoms with Crippen LogP contribution in [0.2, 0.25) is 0 Å². The Morgan fingerprint density at radius 2 is 0.960 bits per heavy atom. The lowest BCUT2D eigenvalue weighted by Gasteiger charge is -2.03. The van der Waals surface area contributed by atoms with Gasteiger partial charge in [-0.2, -0.15) is 9.13 Å². The van der Waals surface area contributed by atoms with Crippen molar-refractivity contribution in [1.82, 2.24) is 0 Å². The normalized spacial score (nSPS) is 10.2. The summed E-state index contributed by atoms with van der Waals surface area (Å²) < 4.78 is 10.2. The minimum absolute atomic E-state index is 0. The van der Waals surface area contributed by atoms with Crippen LogP contribution in [0.3, 0.4) is 0 Å².